The van der Waals surface area contributed by atoms with Gasteiger partial charge in [0.05, 0.1) is 13.1 Å². The first-order valence-electron chi connectivity index (χ1n) is 5.29. The lowest BCUT2D eigenvalue weighted by Crippen LogP contribution is -2.82. The minimum atomic E-state index is 0.169. The van der Waals surface area contributed by atoms with Crippen LogP contribution in [0.4, 0.5) is 0 Å². The van der Waals surface area contributed by atoms with Gasteiger partial charge in [0.1, 0.15) is 0 Å². The van der Waals surface area contributed by atoms with Crippen LogP contribution in [-0.4, -0.2) is 37.0 Å². The molecule has 0 aromatic heterocycles. The number of hydrogen-bond donors (Lipinski definition) is 1. The molecule has 1 amide bonds. The Kier molecular flexibility index (Phi) is 2.28. The summed E-state index contributed by atoms with van der Waals surface area (Å²) in [7, 11) is 0. The number of carbonyl (C=O) groups excluding carboxylic acids is 1. The fourth-order valence-electron chi connectivity index (χ4n) is 2.54. The van der Waals surface area contributed by atoms with Crippen molar-refractivity contribution in [3.63, 3.8) is 0 Å². The van der Waals surface area contributed by atoms with Gasteiger partial charge in [-0.25, -0.2) is 0 Å². The molecule has 0 spiro atoms. The van der Waals surface area contributed by atoms with Crippen molar-refractivity contribution in [1.82, 2.24) is 4.90 Å². The lowest BCUT2D eigenvalue weighted by atomic mass is 10.0. The van der Waals surface area contributed by atoms with Gasteiger partial charge in [-0.3, -0.25) is 4.79 Å². The molecule has 0 bridgehead atoms. The minimum absolute atomic E-state index is 0.169. The quantitative estimate of drug-likeness (QED) is 0.573. The van der Waals surface area contributed by atoms with Gasteiger partial charge >= 0.3 is 0 Å². The molecule has 2 aliphatic heterocycles. The van der Waals surface area contributed by atoms with E-state index >= 15 is 0 Å². The molecule has 13 heavy (non-hydrogen) atoms. The Balaban J connectivity index is 1.95. The molecule has 2 unspecified atom stereocenters. The molecule has 74 valence electrons. The SMILES string of the molecule is CC(C)C(=O)N1CC2C[NH2+]CC2C1. The Morgan fingerprint density at radius 2 is 1.85 bits per heavy atom. The van der Waals surface area contributed by atoms with Gasteiger partial charge in [0.2, 0.25) is 5.91 Å². The summed E-state index contributed by atoms with van der Waals surface area (Å²) in [4.78, 5) is 13.8. The molecule has 0 radical (unpaired) electrons. The van der Waals surface area contributed by atoms with Crippen LogP contribution in [0.15, 0.2) is 0 Å². The van der Waals surface area contributed by atoms with Crippen LogP contribution >= 0.6 is 0 Å². The van der Waals surface area contributed by atoms with Crippen LogP contribution in [0.25, 0.3) is 0 Å². The number of rotatable bonds is 1. The van der Waals surface area contributed by atoms with E-state index in [1.807, 2.05) is 13.8 Å². The lowest BCUT2D eigenvalue weighted by molar-refractivity contribution is -0.640. The Morgan fingerprint density at radius 3 is 2.31 bits per heavy atom. The molecule has 2 heterocycles. The summed E-state index contributed by atoms with van der Waals surface area (Å²) in [6.07, 6.45) is 0. The monoisotopic (exact) mass is 183 g/mol. The third kappa shape index (κ3) is 1.57. The molecule has 0 aromatic carbocycles. The Labute approximate surface area is 79.5 Å². The van der Waals surface area contributed by atoms with Crippen molar-refractivity contribution in [2.45, 2.75) is 13.8 Å². The number of carbonyl (C=O) groups is 1. The van der Waals surface area contributed by atoms with Crippen molar-refractivity contribution in [2.24, 2.45) is 17.8 Å². The van der Waals surface area contributed by atoms with Gasteiger partial charge < -0.3 is 10.2 Å². The van der Waals surface area contributed by atoms with Crippen molar-refractivity contribution in [1.29, 1.82) is 0 Å². The zero-order valence-corrected chi connectivity index (χ0v) is 8.49. The number of likely N-dealkylation sites (tertiary alicyclic amines) is 1. The van der Waals surface area contributed by atoms with Crippen molar-refractivity contribution >= 4 is 5.91 Å². The number of quaternary nitrogens is 1. The van der Waals surface area contributed by atoms with Crippen LogP contribution in [-0.2, 0) is 4.79 Å². The maximum atomic E-state index is 11.7. The summed E-state index contributed by atoms with van der Waals surface area (Å²) in [5, 5.41) is 2.38. The van der Waals surface area contributed by atoms with Crippen LogP contribution in [0, 0.1) is 17.8 Å². The van der Waals surface area contributed by atoms with Crippen LogP contribution in [0.5, 0.6) is 0 Å². The van der Waals surface area contributed by atoms with Gasteiger partial charge in [0.15, 0.2) is 0 Å². The standard InChI is InChI=1S/C10H18N2O/c1-7(2)10(13)12-5-8-3-11-4-9(8)6-12/h7-9,11H,3-6H2,1-2H3/p+1. The normalized spacial score (nSPS) is 32.7. The molecule has 2 saturated heterocycles. The highest BCUT2D eigenvalue weighted by molar-refractivity contribution is 5.78. The van der Waals surface area contributed by atoms with Crippen molar-refractivity contribution in [2.75, 3.05) is 26.2 Å². The summed E-state index contributed by atoms with van der Waals surface area (Å²) in [5.41, 5.74) is 0. The van der Waals surface area contributed by atoms with E-state index < -0.39 is 0 Å². The average molecular weight is 183 g/mol. The van der Waals surface area contributed by atoms with Crippen LogP contribution in [0.2, 0.25) is 0 Å². The summed E-state index contributed by atoms with van der Waals surface area (Å²) < 4.78 is 0. The molecule has 2 aliphatic rings. The van der Waals surface area contributed by atoms with E-state index in [2.05, 4.69) is 10.2 Å². The minimum Gasteiger partial charge on any atom is -0.346 e. The molecule has 2 rings (SSSR count). The highest BCUT2D eigenvalue weighted by atomic mass is 16.2. The second kappa shape index (κ2) is 3.29. The molecule has 0 aromatic rings. The Bertz CT molecular complexity index is 203. The molecule has 2 fully saturated rings. The van der Waals surface area contributed by atoms with Crippen molar-refractivity contribution in [3.8, 4) is 0 Å². The topological polar surface area (TPSA) is 36.9 Å². The highest BCUT2D eigenvalue weighted by Gasteiger charge is 2.40. The molecule has 2 atom stereocenters. The highest BCUT2D eigenvalue weighted by Crippen LogP contribution is 2.24. The molecule has 0 aliphatic carbocycles. The first-order valence-corrected chi connectivity index (χ1v) is 5.29. The fraction of sp³-hybridized carbons (Fsp3) is 0.900. The summed E-state index contributed by atoms with van der Waals surface area (Å²) in [5.74, 6) is 2.07. The fourth-order valence-corrected chi connectivity index (χ4v) is 2.54. The summed E-state index contributed by atoms with van der Waals surface area (Å²) in [6.45, 7) is 8.46. The molecule has 3 heteroatoms. The number of hydrogen-bond acceptors (Lipinski definition) is 1. The largest absolute Gasteiger partial charge is 0.346 e. The van der Waals surface area contributed by atoms with Gasteiger partial charge in [-0.05, 0) is 0 Å². The average Bonchev–Trinajstić information content (AvgIpc) is 2.59. The molecule has 2 N–H and O–H groups in total. The molecule has 3 nitrogen and oxygen atoms in total. The molecular weight excluding hydrogens is 164 g/mol. The van der Waals surface area contributed by atoms with E-state index in [0.29, 0.717) is 5.91 Å². The van der Waals surface area contributed by atoms with E-state index in [9.17, 15) is 4.79 Å². The zero-order valence-electron chi connectivity index (χ0n) is 8.49. The predicted octanol–water partition coefficient (Wildman–Crippen LogP) is -0.706. The Morgan fingerprint density at radius 1 is 1.31 bits per heavy atom. The zero-order chi connectivity index (χ0) is 9.42. The first-order chi connectivity index (χ1) is 6.18. The number of nitrogens with zero attached hydrogens (tertiary/aromatic N) is 1. The van der Waals surface area contributed by atoms with Crippen LogP contribution in [0.1, 0.15) is 13.8 Å². The number of amides is 1. The second-order valence-corrected chi connectivity index (χ2v) is 4.68. The lowest BCUT2D eigenvalue weighted by Gasteiger charge is -2.19. The van der Waals surface area contributed by atoms with Gasteiger partial charge in [0.25, 0.3) is 0 Å². The second-order valence-electron chi connectivity index (χ2n) is 4.68. The maximum Gasteiger partial charge on any atom is 0.225 e. The molecule has 0 saturated carbocycles. The summed E-state index contributed by atoms with van der Waals surface area (Å²) in [6, 6.07) is 0. The van der Waals surface area contributed by atoms with Gasteiger partial charge in [0, 0.05) is 30.8 Å². The van der Waals surface area contributed by atoms with E-state index in [-0.39, 0.29) is 5.92 Å². The van der Waals surface area contributed by atoms with Crippen molar-refractivity contribution < 1.29 is 10.1 Å². The summed E-state index contributed by atoms with van der Waals surface area (Å²) >= 11 is 0. The van der Waals surface area contributed by atoms with Gasteiger partial charge in [-0.2, -0.15) is 0 Å². The predicted molar refractivity (Wildman–Crippen MR) is 50.1 cm³/mol. The van der Waals surface area contributed by atoms with E-state index in [0.717, 1.165) is 24.9 Å². The third-order valence-corrected chi connectivity index (χ3v) is 3.32. The van der Waals surface area contributed by atoms with E-state index in [1.54, 1.807) is 0 Å². The van der Waals surface area contributed by atoms with Crippen molar-refractivity contribution in [3.05, 3.63) is 0 Å². The maximum absolute atomic E-state index is 11.7. The first kappa shape index (κ1) is 9.00. The van der Waals surface area contributed by atoms with Crippen LogP contribution in [0.3, 0.4) is 0 Å². The third-order valence-electron chi connectivity index (χ3n) is 3.32. The number of fused-ring (bicyclic) bond motifs is 1. The van der Waals surface area contributed by atoms with E-state index in [4.69, 9.17) is 0 Å². The Hall–Kier alpha value is -0.570. The smallest absolute Gasteiger partial charge is 0.225 e. The van der Waals surface area contributed by atoms with Gasteiger partial charge in [-0.15, -0.1) is 0 Å². The number of nitrogens with two attached hydrogens (primary N) is 1. The van der Waals surface area contributed by atoms with Crippen LogP contribution < -0.4 is 5.32 Å². The van der Waals surface area contributed by atoms with Gasteiger partial charge in [-0.1, -0.05) is 13.8 Å². The molecular formula is C10H19N2O+. The van der Waals surface area contributed by atoms with E-state index in [1.165, 1.54) is 13.1 Å².